The van der Waals surface area contributed by atoms with Crippen molar-refractivity contribution in [2.45, 2.75) is 6.54 Å². The number of piperazine rings is 1. The number of carbonyl (C=O) groups is 1. The van der Waals surface area contributed by atoms with Crippen LogP contribution in [0.25, 0.3) is 20.6 Å². The summed E-state index contributed by atoms with van der Waals surface area (Å²) in [5, 5.41) is 8.97. The second-order valence-electron chi connectivity index (χ2n) is 6.56. The largest absolute Gasteiger partial charge is 0.338 e. The van der Waals surface area contributed by atoms with Crippen LogP contribution in [0.2, 0.25) is 0 Å². The van der Waals surface area contributed by atoms with Gasteiger partial charge in [0.15, 0.2) is 0 Å². The van der Waals surface area contributed by atoms with E-state index in [1.54, 1.807) is 28.9 Å². The van der Waals surface area contributed by atoms with E-state index in [2.05, 4.69) is 20.0 Å². The van der Waals surface area contributed by atoms with E-state index < -0.39 is 0 Å². The van der Waals surface area contributed by atoms with E-state index in [1.165, 1.54) is 11.3 Å². The first kappa shape index (κ1) is 18.6. The first-order chi connectivity index (χ1) is 14.3. The summed E-state index contributed by atoms with van der Waals surface area (Å²) in [5.74, 6) is 1.30. The molecular formula is C19H17N5O2S3. The van der Waals surface area contributed by atoms with Crippen molar-refractivity contribution in [1.82, 2.24) is 24.9 Å². The van der Waals surface area contributed by atoms with Crippen molar-refractivity contribution < 1.29 is 9.32 Å². The zero-order chi connectivity index (χ0) is 19.6. The van der Waals surface area contributed by atoms with Crippen LogP contribution in [0.5, 0.6) is 0 Å². The molecule has 1 saturated heterocycles. The lowest BCUT2D eigenvalue weighted by Crippen LogP contribution is -2.48. The van der Waals surface area contributed by atoms with E-state index in [-0.39, 0.29) is 5.91 Å². The molecule has 5 rings (SSSR count). The number of hydrogen-bond acceptors (Lipinski definition) is 9. The van der Waals surface area contributed by atoms with Gasteiger partial charge in [0.2, 0.25) is 11.7 Å². The Balaban J connectivity index is 1.17. The van der Waals surface area contributed by atoms with Crippen LogP contribution in [0.4, 0.5) is 0 Å². The molecule has 0 N–H and O–H groups in total. The van der Waals surface area contributed by atoms with Crippen LogP contribution in [-0.4, -0.2) is 57.0 Å². The van der Waals surface area contributed by atoms with Gasteiger partial charge in [0.25, 0.3) is 5.91 Å². The molecule has 0 radical (unpaired) electrons. The lowest BCUT2D eigenvalue weighted by molar-refractivity contribution is 0.0619. The molecule has 0 bridgehead atoms. The van der Waals surface area contributed by atoms with Crippen LogP contribution < -0.4 is 0 Å². The smallest absolute Gasteiger partial charge is 0.265 e. The molecule has 0 spiro atoms. The predicted octanol–water partition coefficient (Wildman–Crippen LogP) is 3.94. The minimum Gasteiger partial charge on any atom is -0.338 e. The van der Waals surface area contributed by atoms with Crippen LogP contribution in [0.3, 0.4) is 0 Å². The molecule has 0 aliphatic carbocycles. The first-order valence-corrected chi connectivity index (χ1v) is 11.7. The third kappa shape index (κ3) is 4.01. The maximum Gasteiger partial charge on any atom is 0.265 e. The fourth-order valence-corrected chi connectivity index (χ4v) is 5.51. The second kappa shape index (κ2) is 8.15. The van der Waals surface area contributed by atoms with Crippen LogP contribution in [-0.2, 0) is 6.54 Å². The molecular weight excluding hydrogens is 426 g/mol. The third-order valence-electron chi connectivity index (χ3n) is 4.68. The zero-order valence-corrected chi connectivity index (χ0v) is 17.8. The van der Waals surface area contributed by atoms with Crippen molar-refractivity contribution in [3.8, 4) is 20.6 Å². The van der Waals surface area contributed by atoms with Crippen LogP contribution in [0.15, 0.2) is 45.7 Å². The van der Waals surface area contributed by atoms with E-state index in [9.17, 15) is 4.79 Å². The lowest BCUT2D eigenvalue weighted by Gasteiger charge is -2.33. The fourth-order valence-electron chi connectivity index (χ4n) is 3.17. The summed E-state index contributed by atoms with van der Waals surface area (Å²) >= 11 is 4.69. The van der Waals surface area contributed by atoms with Gasteiger partial charge < -0.3 is 9.42 Å². The van der Waals surface area contributed by atoms with Crippen LogP contribution in [0.1, 0.15) is 15.6 Å². The van der Waals surface area contributed by atoms with Gasteiger partial charge in [-0.25, -0.2) is 4.98 Å². The molecule has 0 atom stereocenters. The van der Waals surface area contributed by atoms with Gasteiger partial charge in [-0.2, -0.15) is 4.98 Å². The molecule has 148 valence electrons. The van der Waals surface area contributed by atoms with Crippen LogP contribution in [0, 0.1) is 0 Å². The molecule has 4 aromatic rings. The van der Waals surface area contributed by atoms with E-state index in [4.69, 9.17) is 4.52 Å². The Kier molecular flexibility index (Phi) is 5.23. The highest BCUT2D eigenvalue weighted by molar-refractivity contribution is 7.22. The van der Waals surface area contributed by atoms with E-state index in [1.807, 2.05) is 39.9 Å². The number of aromatic nitrogens is 3. The van der Waals surface area contributed by atoms with Crippen molar-refractivity contribution in [2.75, 3.05) is 26.2 Å². The van der Waals surface area contributed by atoms with Crippen molar-refractivity contribution >= 4 is 39.9 Å². The summed E-state index contributed by atoms with van der Waals surface area (Å²) < 4.78 is 5.39. The van der Waals surface area contributed by atoms with Crippen molar-refractivity contribution in [2.24, 2.45) is 0 Å². The zero-order valence-electron chi connectivity index (χ0n) is 15.4. The summed E-state index contributed by atoms with van der Waals surface area (Å²) in [7, 11) is 0. The number of amides is 1. The normalized spacial score (nSPS) is 15.1. The van der Waals surface area contributed by atoms with Crippen molar-refractivity contribution in [3.63, 3.8) is 0 Å². The van der Waals surface area contributed by atoms with Crippen LogP contribution >= 0.6 is 34.0 Å². The molecule has 0 unspecified atom stereocenters. The van der Waals surface area contributed by atoms with Crippen molar-refractivity contribution in [3.05, 3.63) is 52.0 Å². The molecule has 29 heavy (non-hydrogen) atoms. The lowest BCUT2D eigenvalue weighted by atomic mass is 10.3. The summed E-state index contributed by atoms with van der Waals surface area (Å²) in [5.41, 5.74) is 0. The van der Waals surface area contributed by atoms with E-state index >= 15 is 0 Å². The third-order valence-corrected chi connectivity index (χ3v) is 7.57. The number of hydrogen-bond donors (Lipinski definition) is 0. The van der Waals surface area contributed by atoms with Gasteiger partial charge in [-0.15, -0.1) is 34.0 Å². The van der Waals surface area contributed by atoms with Gasteiger partial charge in [0.05, 0.1) is 22.5 Å². The molecule has 4 aromatic heterocycles. The predicted molar refractivity (Wildman–Crippen MR) is 114 cm³/mol. The Bertz CT molecular complexity index is 1080. The highest BCUT2D eigenvalue weighted by atomic mass is 32.1. The van der Waals surface area contributed by atoms with Gasteiger partial charge in [0, 0.05) is 26.2 Å². The summed E-state index contributed by atoms with van der Waals surface area (Å²) in [6.45, 7) is 3.51. The van der Waals surface area contributed by atoms with Gasteiger partial charge in [0.1, 0.15) is 9.88 Å². The Morgan fingerprint density at radius 1 is 1.07 bits per heavy atom. The maximum absolute atomic E-state index is 12.8. The molecule has 7 nitrogen and oxygen atoms in total. The molecule has 0 aromatic carbocycles. The maximum atomic E-state index is 12.8. The van der Waals surface area contributed by atoms with Crippen molar-refractivity contribution in [1.29, 1.82) is 0 Å². The number of carbonyl (C=O) groups excluding carboxylic acids is 1. The Hall–Kier alpha value is -2.40. The fraction of sp³-hybridized carbons (Fsp3) is 0.263. The highest BCUT2D eigenvalue weighted by Crippen LogP contribution is 2.29. The molecule has 0 saturated carbocycles. The summed E-state index contributed by atoms with van der Waals surface area (Å²) in [4.78, 5) is 28.6. The standard InChI is InChI=1S/C19H17N5O2S3/c25-19(15-11-20-18(29-15)14-4-2-10-28-14)24-7-5-23(6-8-24)12-16-21-17(22-26-16)13-3-1-9-27-13/h1-4,9-11H,5-8,12H2. The average molecular weight is 444 g/mol. The van der Waals surface area contributed by atoms with E-state index in [0.29, 0.717) is 36.2 Å². The number of nitrogens with zero attached hydrogens (tertiary/aromatic N) is 5. The summed E-state index contributed by atoms with van der Waals surface area (Å²) in [6, 6.07) is 7.97. The summed E-state index contributed by atoms with van der Waals surface area (Å²) in [6.07, 6.45) is 1.69. The topological polar surface area (TPSA) is 75.4 Å². The van der Waals surface area contributed by atoms with Gasteiger partial charge >= 0.3 is 0 Å². The Morgan fingerprint density at radius 2 is 1.83 bits per heavy atom. The molecule has 1 fully saturated rings. The first-order valence-electron chi connectivity index (χ1n) is 9.14. The highest BCUT2D eigenvalue weighted by Gasteiger charge is 2.25. The molecule has 5 heterocycles. The van der Waals surface area contributed by atoms with Gasteiger partial charge in [-0.05, 0) is 22.9 Å². The number of thiophene rings is 2. The number of thiazole rings is 1. The van der Waals surface area contributed by atoms with Gasteiger partial charge in [-0.3, -0.25) is 9.69 Å². The minimum atomic E-state index is 0.0581. The monoisotopic (exact) mass is 443 g/mol. The average Bonchev–Trinajstić information content (AvgIpc) is 3.55. The van der Waals surface area contributed by atoms with E-state index in [0.717, 1.165) is 27.9 Å². The number of rotatable bonds is 5. The quantitative estimate of drug-likeness (QED) is 0.465. The molecule has 1 aliphatic heterocycles. The van der Waals surface area contributed by atoms with Gasteiger partial charge in [-0.1, -0.05) is 17.3 Å². The Labute approximate surface area is 179 Å². The second-order valence-corrected chi connectivity index (χ2v) is 9.49. The minimum absolute atomic E-state index is 0.0581. The molecule has 10 heteroatoms. The molecule has 1 amide bonds. The SMILES string of the molecule is O=C(c1cnc(-c2cccs2)s1)N1CCN(Cc2nc(-c3cccs3)no2)CC1. The Morgan fingerprint density at radius 3 is 2.55 bits per heavy atom. The molecule has 1 aliphatic rings.